The van der Waals surface area contributed by atoms with Crippen LogP contribution in [-0.4, -0.2) is 35.8 Å². The molecule has 17 heavy (non-hydrogen) atoms. The number of ether oxygens (including phenoxy) is 1. The summed E-state index contributed by atoms with van der Waals surface area (Å²) in [5.74, 6) is 1.70. The van der Waals surface area contributed by atoms with E-state index in [1.807, 2.05) is 26.8 Å². The van der Waals surface area contributed by atoms with Gasteiger partial charge in [0.25, 0.3) is 0 Å². The zero-order valence-corrected chi connectivity index (χ0v) is 10.7. The molecule has 0 bridgehead atoms. The number of rotatable bonds is 7. The molecule has 1 rings (SSSR count). The van der Waals surface area contributed by atoms with Crippen LogP contribution in [-0.2, 0) is 4.74 Å². The molecular formula is C11H21N5O. The summed E-state index contributed by atoms with van der Waals surface area (Å²) in [4.78, 5) is 8.18. The monoisotopic (exact) mass is 239 g/mol. The topological polar surface area (TPSA) is 85.1 Å². The summed E-state index contributed by atoms with van der Waals surface area (Å²) < 4.78 is 5.42. The van der Waals surface area contributed by atoms with E-state index < -0.39 is 0 Å². The van der Waals surface area contributed by atoms with E-state index in [9.17, 15) is 0 Å². The van der Waals surface area contributed by atoms with Gasteiger partial charge in [0.15, 0.2) is 0 Å². The summed E-state index contributed by atoms with van der Waals surface area (Å²) in [6.07, 6.45) is 0.138. The highest BCUT2D eigenvalue weighted by molar-refractivity contribution is 5.50. The number of nitrogens with one attached hydrogen (secondary N) is 2. The Hall–Kier alpha value is -1.56. The third kappa shape index (κ3) is 4.86. The van der Waals surface area contributed by atoms with Gasteiger partial charge in [0, 0.05) is 25.8 Å². The lowest BCUT2D eigenvalue weighted by molar-refractivity contribution is 0.0855. The maximum absolute atomic E-state index is 5.62. The second kappa shape index (κ2) is 6.90. The van der Waals surface area contributed by atoms with Crippen molar-refractivity contribution in [1.82, 2.24) is 9.97 Å². The molecular weight excluding hydrogens is 218 g/mol. The number of nitrogen functional groups attached to an aromatic ring is 1. The maximum Gasteiger partial charge on any atom is 0.223 e. The first kappa shape index (κ1) is 13.5. The van der Waals surface area contributed by atoms with Crippen molar-refractivity contribution >= 4 is 17.6 Å². The predicted octanol–water partition coefficient (Wildman–Crippen LogP) is 1.33. The average Bonchev–Trinajstić information content (AvgIpc) is 2.26. The van der Waals surface area contributed by atoms with Gasteiger partial charge in [-0.1, -0.05) is 0 Å². The van der Waals surface area contributed by atoms with Crippen LogP contribution in [0.15, 0.2) is 6.07 Å². The van der Waals surface area contributed by atoms with Crippen LogP contribution >= 0.6 is 0 Å². The van der Waals surface area contributed by atoms with Gasteiger partial charge in [-0.15, -0.1) is 0 Å². The minimum atomic E-state index is 0.138. The molecule has 1 aromatic rings. The summed E-state index contributed by atoms with van der Waals surface area (Å²) in [7, 11) is 0. The van der Waals surface area contributed by atoms with E-state index >= 15 is 0 Å². The van der Waals surface area contributed by atoms with Gasteiger partial charge in [-0.05, 0) is 20.8 Å². The Morgan fingerprint density at radius 3 is 2.53 bits per heavy atom. The molecule has 0 saturated carbocycles. The highest BCUT2D eigenvalue weighted by atomic mass is 16.5. The van der Waals surface area contributed by atoms with E-state index in [1.54, 1.807) is 0 Å². The Labute approximate surface area is 102 Å². The second-order valence-corrected chi connectivity index (χ2v) is 3.67. The van der Waals surface area contributed by atoms with Crippen LogP contribution in [0.2, 0.25) is 0 Å². The number of hydrogen-bond acceptors (Lipinski definition) is 6. The molecule has 0 radical (unpaired) electrons. The quantitative estimate of drug-likeness (QED) is 0.665. The third-order valence-electron chi connectivity index (χ3n) is 2.12. The van der Waals surface area contributed by atoms with Crippen LogP contribution in [0.25, 0.3) is 0 Å². The van der Waals surface area contributed by atoms with Crippen LogP contribution in [0.3, 0.4) is 0 Å². The fraction of sp³-hybridized carbons (Fsp3) is 0.636. The molecule has 1 aromatic heterocycles. The summed E-state index contributed by atoms with van der Waals surface area (Å²) in [6.45, 7) is 8.18. The molecule has 1 heterocycles. The van der Waals surface area contributed by atoms with E-state index in [1.165, 1.54) is 0 Å². The van der Waals surface area contributed by atoms with Crippen molar-refractivity contribution in [1.29, 1.82) is 0 Å². The van der Waals surface area contributed by atoms with Crippen molar-refractivity contribution in [3.63, 3.8) is 0 Å². The number of hydrogen-bond donors (Lipinski definition) is 3. The molecule has 0 aliphatic heterocycles. The van der Waals surface area contributed by atoms with Gasteiger partial charge in [-0.2, -0.15) is 9.97 Å². The van der Waals surface area contributed by atoms with E-state index in [0.717, 1.165) is 12.4 Å². The fourth-order valence-electron chi connectivity index (χ4n) is 1.42. The van der Waals surface area contributed by atoms with Crippen LogP contribution in [0.4, 0.5) is 17.6 Å². The molecule has 0 aliphatic carbocycles. The number of anilines is 3. The van der Waals surface area contributed by atoms with Gasteiger partial charge in [0.2, 0.25) is 5.95 Å². The van der Waals surface area contributed by atoms with Crippen LogP contribution < -0.4 is 16.4 Å². The maximum atomic E-state index is 5.62. The van der Waals surface area contributed by atoms with Crippen molar-refractivity contribution in [3.05, 3.63) is 6.07 Å². The van der Waals surface area contributed by atoms with Crippen LogP contribution in [0.1, 0.15) is 20.8 Å². The molecule has 0 fully saturated rings. The van der Waals surface area contributed by atoms with Crippen molar-refractivity contribution in [2.24, 2.45) is 0 Å². The SMILES string of the molecule is CCNc1cc(NCC(C)OCC)nc(N)n1. The minimum Gasteiger partial charge on any atom is -0.377 e. The molecule has 0 saturated heterocycles. The average molecular weight is 239 g/mol. The normalized spacial score (nSPS) is 12.2. The molecule has 6 heteroatoms. The first-order valence-corrected chi connectivity index (χ1v) is 5.89. The minimum absolute atomic E-state index is 0.138. The smallest absolute Gasteiger partial charge is 0.223 e. The summed E-state index contributed by atoms with van der Waals surface area (Å²) in [6, 6.07) is 1.83. The van der Waals surface area contributed by atoms with Gasteiger partial charge in [-0.25, -0.2) is 0 Å². The zero-order chi connectivity index (χ0) is 12.7. The molecule has 1 atom stereocenters. The Balaban J connectivity index is 2.57. The lowest BCUT2D eigenvalue weighted by Crippen LogP contribution is -2.20. The molecule has 1 unspecified atom stereocenters. The zero-order valence-electron chi connectivity index (χ0n) is 10.7. The van der Waals surface area contributed by atoms with Crippen LogP contribution in [0, 0.1) is 0 Å². The van der Waals surface area contributed by atoms with Crippen molar-refractivity contribution in [3.8, 4) is 0 Å². The number of nitrogens with two attached hydrogens (primary N) is 1. The van der Waals surface area contributed by atoms with E-state index in [0.29, 0.717) is 19.0 Å². The summed E-state index contributed by atoms with van der Waals surface area (Å²) in [5, 5.41) is 6.27. The highest BCUT2D eigenvalue weighted by Crippen LogP contribution is 2.12. The van der Waals surface area contributed by atoms with Gasteiger partial charge < -0.3 is 21.1 Å². The van der Waals surface area contributed by atoms with Gasteiger partial charge in [-0.3, -0.25) is 0 Å². The van der Waals surface area contributed by atoms with Gasteiger partial charge in [0.1, 0.15) is 11.6 Å². The lowest BCUT2D eigenvalue weighted by Gasteiger charge is -2.13. The molecule has 0 spiro atoms. The van der Waals surface area contributed by atoms with E-state index in [2.05, 4.69) is 20.6 Å². The third-order valence-corrected chi connectivity index (χ3v) is 2.12. The van der Waals surface area contributed by atoms with Gasteiger partial charge in [0.05, 0.1) is 6.10 Å². The molecule has 0 amide bonds. The first-order chi connectivity index (χ1) is 8.15. The van der Waals surface area contributed by atoms with Crippen LogP contribution in [0.5, 0.6) is 0 Å². The van der Waals surface area contributed by atoms with E-state index in [-0.39, 0.29) is 12.1 Å². The molecule has 96 valence electrons. The highest BCUT2D eigenvalue weighted by Gasteiger charge is 2.04. The van der Waals surface area contributed by atoms with Crippen molar-refractivity contribution < 1.29 is 4.74 Å². The van der Waals surface area contributed by atoms with Crippen molar-refractivity contribution in [2.45, 2.75) is 26.9 Å². The number of nitrogens with zero attached hydrogens (tertiary/aromatic N) is 2. The van der Waals surface area contributed by atoms with E-state index in [4.69, 9.17) is 10.5 Å². The summed E-state index contributed by atoms with van der Waals surface area (Å²) >= 11 is 0. The lowest BCUT2D eigenvalue weighted by atomic mass is 10.4. The molecule has 4 N–H and O–H groups in total. The molecule has 6 nitrogen and oxygen atoms in total. The Kier molecular flexibility index (Phi) is 5.48. The predicted molar refractivity (Wildman–Crippen MR) is 70.2 cm³/mol. The largest absolute Gasteiger partial charge is 0.377 e. The Bertz CT molecular complexity index is 345. The standard InChI is InChI=1S/C11H21N5O/c1-4-13-9-6-10(16-11(12)15-9)14-7-8(3)17-5-2/h6,8H,4-5,7H2,1-3H3,(H4,12,13,14,15,16). The fourth-order valence-corrected chi connectivity index (χ4v) is 1.42. The Morgan fingerprint density at radius 2 is 1.94 bits per heavy atom. The molecule has 0 aliphatic rings. The number of aromatic nitrogens is 2. The van der Waals surface area contributed by atoms with Crippen molar-refractivity contribution in [2.75, 3.05) is 36.1 Å². The van der Waals surface area contributed by atoms with Gasteiger partial charge >= 0.3 is 0 Å². The molecule has 0 aromatic carbocycles. The first-order valence-electron chi connectivity index (χ1n) is 5.89. The Morgan fingerprint density at radius 1 is 1.29 bits per heavy atom. The summed E-state index contributed by atoms with van der Waals surface area (Å²) in [5.41, 5.74) is 5.62. The second-order valence-electron chi connectivity index (χ2n) is 3.67.